The maximum absolute atomic E-state index is 12.5. The van der Waals surface area contributed by atoms with Gasteiger partial charge in [-0.15, -0.1) is 11.3 Å². The first-order valence-electron chi connectivity index (χ1n) is 7.88. The smallest absolute Gasteiger partial charge is 0.289 e. The molecule has 0 atom stereocenters. The van der Waals surface area contributed by atoms with Crippen LogP contribution >= 0.6 is 11.3 Å². The molecule has 1 aliphatic heterocycles. The molecule has 3 heterocycles. The summed E-state index contributed by atoms with van der Waals surface area (Å²) in [5.74, 6) is 1.09. The number of hydrogen-bond acceptors (Lipinski definition) is 4. The van der Waals surface area contributed by atoms with Crippen molar-refractivity contribution in [3.05, 3.63) is 40.1 Å². The summed E-state index contributed by atoms with van der Waals surface area (Å²) in [6.07, 6.45) is 4.34. The highest BCUT2D eigenvalue weighted by molar-refractivity contribution is 7.12. The van der Waals surface area contributed by atoms with E-state index in [4.69, 9.17) is 0 Å². The summed E-state index contributed by atoms with van der Waals surface area (Å²) < 4.78 is 1.90. The summed E-state index contributed by atoms with van der Waals surface area (Å²) in [6.45, 7) is 2.72. The highest BCUT2D eigenvalue weighted by Gasteiger charge is 2.31. The molecule has 120 valence electrons. The van der Waals surface area contributed by atoms with Crippen LogP contribution in [0.25, 0.3) is 0 Å². The Morgan fingerprint density at radius 2 is 2.26 bits per heavy atom. The van der Waals surface area contributed by atoms with Gasteiger partial charge < -0.3 is 14.8 Å². The Morgan fingerprint density at radius 3 is 3.00 bits per heavy atom. The van der Waals surface area contributed by atoms with Gasteiger partial charge in [0.15, 0.2) is 5.82 Å². The lowest BCUT2D eigenvalue weighted by molar-refractivity contribution is 0.0688. The third-order valence-electron chi connectivity index (χ3n) is 4.27. The molecule has 23 heavy (non-hydrogen) atoms. The van der Waals surface area contributed by atoms with Gasteiger partial charge >= 0.3 is 0 Å². The van der Waals surface area contributed by atoms with Crippen molar-refractivity contribution >= 4 is 23.2 Å². The number of carbonyl (C=O) groups is 2. The Bertz CT molecular complexity index is 733. The molecule has 0 saturated heterocycles. The monoisotopic (exact) mass is 330 g/mol. The number of rotatable bonds is 5. The molecule has 1 fully saturated rings. The highest BCUT2D eigenvalue weighted by Crippen LogP contribution is 2.30. The molecular weight excluding hydrogens is 312 g/mol. The zero-order valence-corrected chi connectivity index (χ0v) is 13.5. The topological polar surface area (TPSA) is 67.2 Å². The first-order valence-corrected chi connectivity index (χ1v) is 8.75. The van der Waals surface area contributed by atoms with E-state index in [-0.39, 0.29) is 11.8 Å². The summed E-state index contributed by atoms with van der Waals surface area (Å²) in [6, 6.07) is 3.64. The van der Waals surface area contributed by atoms with Gasteiger partial charge in [-0.1, -0.05) is 6.07 Å². The minimum atomic E-state index is -0.104. The number of fused-ring (bicyclic) bond motifs is 1. The number of nitrogens with one attached hydrogen (secondary N) is 1. The van der Waals surface area contributed by atoms with Crippen molar-refractivity contribution < 1.29 is 9.59 Å². The molecular formula is C16H18N4O2S. The fourth-order valence-corrected chi connectivity index (χ4v) is 3.46. The average Bonchev–Trinajstić information content (AvgIpc) is 3.05. The Kier molecular flexibility index (Phi) is 3.65. The average molecular weight is 330 g/mol. The molecule has 4 rings (SSSR count). The predicted molar refractivity (Wildman–Crippen MR) is 86.3 cm³/mol. The summed E-state index contributed by atoms with van der Waals surface area (Å²) in [5.41, 5.74) is 0.728. The summed E-state index contributed by atoms with van der Waals surface area (Å²) in [4.78, 5) is 31.4. The number of aromatic nitrogens is 2. The van der Waals surface area contributed by atoms with E-state index < -0.39 is 0 Å². The van der Waals surface area contributed by atoms with E-state index >= 15 is 0 Å². The molecule has 0 bridgehead atoms. The highest BCUT2D eigenvalue weighted by atomic mass is 32.1. The second-order valence-electron chi connectivity index (χ2n) is 6.10. The second kappa shape index (κ2) is 5.81. The van der Waals surface area contributed by atoms with Crippen LogP contribution in [-0.2, 0) is 13.1 Å². The van der Waals surface area contributed by atoms with Crippen molar-refractivity contribution in [3.63, 3.8) is 0 Å². The lowest BCUT2D eigenvalue weighted by atomic mass is 10.3. The molecule has 1 aliphatic carbocycles. The van der Waals surface area contributed by atoms with Crippen molar-refractivity contribution in [2.75, 3.05) is 13.1 Å². The SMILES string of the molecule is O=C(NCc1cn2c(n1)C(=O)N(CC1CC1)CC2)c1cccs1. The second-order valence-corrected chi connectivity index (χ2v) is 7.05. The van der Waals surface area contributed by atoms with Crippen LogP contribution in [0.2, 0.25) is 0 Å². The first kappa shape index (κ1) is 14.4. The third kappa shape index (κ3) is 3.01. The quantitative estimate of drug-likeness (QED) is 0.908. The van der Waals surface area contributed by atoms with Crippen LogP contribution in [0.1, 0.15) is 38.8 Å². The molecule has 0 spiro atoms. The molecule has 1 N–H and O–H groups in total. The van der Waals surface area contributed by atoms with Crippen molar-refractivity contribution in [1.82, 2.24) is 19.8 Å². The molecule has 0 aromatic carbocycles. The number of carbonyl (C=O) groups excluding carboxylic acids is 2. The lowest BCUT2D eigenvalue weighted by Gasteiger charge is -2.27. The fourth-order valence-electron chi connectivity index (χ4n) is 2.82. The Hall–Kier alpha value is -2.15. The van der Waals surface area contributed by atoms with Crippen molar-refractivity contribution in [2.45, 2.75) is 25.9 Å². The van der Waals surface area contributed by atoms with Crippen LogP contribution in [0, 0.1) is 5.92 Å². The van der Waals surface area contributed by atoms with Crippen LogP contribution in [0.15, 0.2) is 23.7 Å². The molecule has 7 heteroatoms. The Balaban J connectivity index is 1.41. The van der Waals surface area contributed by atoms with E-state index in [1.807, 2.05) is 27.1 Å². The maximum Gasteiger partial charge on any atom is 0.289 e. The van der Waals surface area contributed by atoms with E-state index in [0.29, 0.717) is 23.2 Å². The molecule has 2 aromatic heterocycles. The maximum atomic E-state index is 12.5. The molecule has 0 unspecified atom stereocenters. The van der Waals surface area contributed by atoms with Gasteiger partial charge in [0, 0.05) is 25.8 Å². The van der Waals surface area contributed by atoms with E-state index in [9.17, 15) is 9.59 Å². The van der Waals surface area contributed by atoms with Gasteiger partial charge in [-0.05, 0) is 30.2 Å². The number of hydrogen-bond donors (Lipinski definition) is 1. The summed E-state index contributed by atoms with van der Waals surface area (Å²) in [7, 11) is 0. The zero-order chi connectivity index (χ0) is 15.8. The summed E-state index contributed by atoms with van der Waals surface area (Å²) >= 11 is 1.41. The van der Waals surface area contributed by atoms with Gasteiger partial charge in [0.25, 0.3) is 11.8 Å². The van der Waals surface area contributed by atoms with Crippen LogP contribution in [0.5, 0.6) is 0 Å². The zero-order valence-electron chi connectivity index (χ0n) is 12.7. The van der Waals surface area contributed by atoms with Gasteiger partial charge in [0.2, 0.25) is 0 Å². The summed E-state index contributed by atoms with van der Waals surface area (Å²) in [5, 5.41) is 4.72. The minimum absolute atomic E-state index is 0.0129. The molecule has 2 aromatic rings. The molecule has 6 nitrogen and oxygen atoms in total. The number of amides is 2. The van der Waals surface area contributed by atoms with Crippen LogP contribution in [0.3, 0.4) is 0 Å². The number of thiophene rings is 1. The third-order valence-corrected chi connectivity index (χ3v) is 5.13. The van der Waals surface area contributed by atoms with Crippen LogP contribution in [-0.4, -0.2) is 39.4 Å². The standard InChI is InChI=1S/C16H18N4O2S/c21-15(13-2-1-7-23-13)17-8-12-10-19-5-6-20(9-11-3-4-11)16(22)14(19)18-12/h1-2,7,10-11H,3-6,8-9H2,(H,17,21). The largest absolute Gasteiger partial charge is 0.346 e. The van der Waals surface area contributed by atoms with Crippen molar-refractivity contribution in [2.24, 2.45) is 5.92 Å². The molecule has 2 aliphatic rings. The predicted octanol–water partition coefficient (Wildman–Crippen LogP) is 1.74. The number of imidazole rings is 1. The fraction of sp³-hybridized carbons (Fsp3) is 0.438. The van der Waals surface area contributed by atoms with Crippen LogP contribution in [0.4, 0.5) is 0 Å². The van der Waals surface area contributed by atoms with Gasteiger partial charge in [-0.25, -0.2) is 4.98 Å². The Labute approximate surface area is 138 Å². The van der Waals surface area contributed by atoms with Crippen molar-refractivity contribution in [1.29, 1.82) is 0 Å². The van der Waals surface area contributed by atoms with Gasteiger partial charge in [0.05, 0.1) is 17.1 Å². The normalized spacial score (nSPS) is 17.2. The van der Waals surface area contributed by atoms with Gasteiger partial charge in [-0.2, -0.15) is 0 Å². The van der Waals surface area contributed by atoms with Crippen LogP contribution < -0.4 is 5.32 Å². The van der Waals surface area contributed by atoms with E-state index in [0.717, 1.165) is 25.3 Å². The van der Waals surface area contributed by atoms with Gasteiger partial charge in [-0.3, -0.25) is 9.59 Å². The van der Waals surface area contributed by atoms with E-state index in [1.165, 1.54) is 24.2 Å². The van der Waals surface area contributed by atoms with Gasteiger partial charge in [0.1, 0.15) is 0 Å². The molecule has 0 radical (unpaired) electrons. The lowest BCUT2D eigenvalue weighted by Crippen LogP contribution is -2.41. The van der Waals surface area contributed by atoms with E-state index in [2.05, 4.69) is 10.3 Å². The molecule has 1 saturated carbocycles. The number of nitrogens with zero attached hydrogens (tertiary/aromatic N) is 3. The first-order chi connectivity index (χ1) is 11.2. The minimum Gasteiger partial charge on any atom is -0.346 e. The Morgan fingerprint density at radius 1 is 1.39 bits per heavy atom. The van der Waals surface area contributed by atoms with E-state index in [1.54, 1.807) is 6.07 Å². The van der Waals surface area contributed by atoms with Crippen molar-refractivity contribution in [3.8, 4) is 0 Å². The molecule has 2 amide bonds.